The summed E-state index contributed by atoms with van der Waals surface area (Å²) < 4.78 is 5.07. The summed E-state index contributed by atoms with van der Waals surface area (Å²) in [5.74, 6) is -1.15. The van der Waals surface area contributed by atoms with Crippen LogP contribution < -0.4 is 5.32 Å². The van der Waals surface area contributed by atoms with Crippen LogP contribution in [0.3, 0.4) is 0 Å². The van der Waals surface area contributed by atoms with Crippen LogP contribution in [0.2, 0.25) is 10.2 Å². The second kappa shape index (κ2) is 8.65. The van der Waals surface area contributed by atoms with E-state index in [0.717, 1.165) is 11.1 Å². The van der Waals surface area contributed by atoms with Gasteiger partial charge in [-0.05, 0) is 49.2 Å². The number of carbonyl (C=O) groups is 2. The summed E-state index contributed by atoms with van der Waals surface area (Å²) >= 11 is 11.9. The van der Waals surface area contributed by atoms with Gasteiger partial charge in [-0.15, -0.1) is 0 Å². The van der Waals surface area contributed by atoms with Crippen molar-refractivity contribution in [2.75, 3.05) is 5.32 Å². The molecule has 2 aromatic rings. The van der Waals surface area contributed by atoms with Crippen LogP contribution in [0, 0.1) is 6.92 Å². The molecule has 5 nitrogen and oxygen atoms in total. The van der Waals surface area contributed by atoms with E-state index in [-0.39, 0.29) is 5.15 Å². The normalized spacial score (nSPS) is 12.0. The summed E-state index contributed by atoms with van der Waals surface area (Å²) in [6, 6.07) is 8.64. The molecule has 0 saturated heterocycles. The Labute approximate surface area is 155 Å². The number of pyridine rings is 1. The molecular formula is C18H16Cl2N2O3. The van der Waals surface area contributed by atoms with Crippen LogP contribution in [-0.4, -0.2) is 23.0 Å². The molecular weight excluding hydrogens is 363 g/mol. The van der Waals surface area contributed by atoms with Gasteiger partial charge < -0.3 is 10.1 Å². The number of ether oxygens (including phenoxy) is 1. The van der Waals surface area contributed by atoms with Gasteiger partial charge in [-0.2, -0.15) is 0 Å². The first-order chi connectivity index (χ1) is 11.9. The zero-order chi connectivity index (χ0) is 18.4. The molecule has 0 aliphatic carbocycles. The molecule has 2 rings (SSSR count). The molecule has 1 amide bonds. The molecule has 1 heterocycles. The van der Waals surface area contributed by atoms with Crippen molar-refractivity contribution < 1.29 is 14.3 Å². The molecule has 0 unspecified atom stereocenters. The number of benzene rings is 1. The molecule has 7 heteroatoms. The van der Waals surface area contributed by atoms with Crippen molar-refractivity contribution in [3.63, 3.8) is 0 Å². The zero-order valence-corrected chi connectivity index (χ0v) is 15.1. The fourth-order valence-corrected chi connectivity index (χ4v) is 2.21. The van der Waals surface area contributed by atoms with Crippen molar-refractivity contribution in [3.05, 3.63) is 63.9 Å². The lowest BCUT2D eigenvalue weighted by molar-refractivity contribution is -0.148. The van der Waals surface area contributed by atoms with Crippen molar-refractivity contribution in [2.45, 2.75) is 20.0 Å². The van der Waals surface area contributed by atoms with E-state index in [9.17, 15) is 9.59 Å². The predicted octanol–water partition coefficient (Wildman–Crippen LogP) is 4.28. The van der Waals surface area contributed by atoms with Crippen molar-refractivity contribution in [1.82, 2.24) is 4.98 Å². The van der Waals surface area contributed by atoms with Crippen LogP contribution in [-0.2, 0) is 14.3 Å². The molecule has 0 fully saturated rings. The van der Waals surface area contributed by atoms with E-state index >= 15 is 0 Å². The van der Waals surface area contributed by atoms with E-state index in [1.807, 2.05) is 19.1 Å². The molecule has 0 aliphatic rings. The summed E-state index contributed by atoms with van der Waals surface area (Å²) in [6.45, 7) is 3.35. The predicted molar refractivity (Wildman–Crippen MR) is 98.7 cm³/mol. The number of rotatable bonds is 5. The highest BCUT2D eigenvalue weighted by atomic mass is 35.5. The summed E-state index contributed by atoms with van der Waals surface area (Å²) in [7, 11) is 0. The highest BCUT2D eigenvalue weighted by Gasteiger charge is 2.17. The van der Waals surface area contributed by atoms with Crippen LogP contribution in [0.1, 0.15) is 18.1 Å². The van der Waals surface area contributed by atoms with Gasteiger partial charge in [0.2, 0.25) is 0 Å². The van der Waals surface area contributed by atoms with Crippen molar-refractivity contribution in [2.24, 2.45) is 0 Å². The van der Waals surface area contributed by atoms with Crippen molar-refractivity contribution in [1.29, 1.82) is 0 Å². The number of hydrogen-bond acceptors (Lipinski definition) is 4. The lowest BCUT2D eigenvalue weighted by Crippen LogP contribution is -2.29. The molecule has 1 atom stereocenters. The molecule has 1 aromatic heterocycles. The third-order valence-electron chi connectivity index (χ3n) is 3.29. The number of esters is 1. The van der Waals surface area contributed by atoms with Crippen molar-refractivity contribution in [3.8, 4) is 0 Å². The minimum atomic E-state index is -0.991. The Morgan fingerprint density at radius 1 is 1.28 bits per heavy atom. The molecule has 1 N–H and O–H groups in total. The van der Waals surface area contributed by atoms with E-state index in [1.54, 1.807) is 24.3 Å². The maximum absolute atomic E-state index is 12.0. The first kappa shape index (κ1) is 19.0. The Morgan fingerprint density at radius 2 is 2.04 bits per heavy atom. The lowest BCUT2D eigenvalue weighted by Gasteiger charge is -2.12. The van der Waals surface area contributed by atoms with E-state index in [2.05, 4.69) is 10.3 Å². The number of halogens is 2. The number of nitrogens with one attached hydrogen (secondary N) is 1. The second-order valence-corrected chi connectivity index (χ2v) is 6.02. The topological polar surface area (TPSA) is 68.3 Å². The molecule has 0 saturated carbocycles. The van der Waals surface area contributed by atoms with Crippen LogP contribution in [0.15, 0.2) is 42.6 Å². The average Bonchev–Trinajstić information content (AvgIpc) is 2.58. The Morgan fingerprint density at radius 3 is 2.72 bits per heavy atom. The zero-order valence-electron chi connectivity index (χ0n) is 13.6. The van der Waals surface area contributed by atoms with Crippen LogP contribution in [0.5, 0.6) is 0 Å². The van der Waals surface area contributed by atoms with Gasteiger partial charge in [0.15, 0.2) is 11.3 Å². The number of carbonyl (C=O) groups excluding carboxylic acids is 2. The maximum atomic E-state index is 12.0. The van der Waals surface area contributed by atoms with Crippen LogP contribution in [0.4, 0.5) is 5.69 Å². The molecule has 0 aliphatic heterocycles. The van der Waals surface area contributed by atoms with E-state index in [0.29, 0.717) is 10.7 Å². The molecule has 0 radical (unpaired) electrons. The van der Waals surface area contributed by atoms with E-state index in [1.165, 1.54) is 19.2 Å². The van der Waals surface area contributed by atoms with Gasteiger partial charge in [-0.25, -0.2) is 9.78 Å². The number of anilines is 1. The number of nitrogens with zero attached hydrogens (tertiary/aromatic N) is 1. The Bertz CT molecular complexity index is 822. The molecule has 25 heavy (non-hydrogen) atoms. The first-order valence-electron chi connectivity index (χ1n) is 7.43. The SMILES string of the molecule is Cc1ccc(/C=C/C(=O)O[C@@H](C)C(=O)Nc2cccnc2Cl)cc1Cl. The van der Waals surface area contributed by atoms with E-state index in [4.69, 9.17) is 27.9 Å². The fourth-order valence-electron chi connectivity index (χ4n) is 1.86. The molecule has 130 valence electrons. The van der Waals surface area contributed by atoms with Crippen molar-refractivity contribution >= 4 is 46.8 Å². The van der Waals surface area contributed by atoms with Crippen LogP contribution >= 0.6 is 23.2 Å². The number of aryl methyl sites for hydroxylation is 1. The third-order valence-corrected chi connectivity index (χ3v) is 4.00. The smallest absolute Gasteiger partial charge is 0.331 e. The summed E-state index contributed by atoms with van der Waals surface area (Å²) in [4.78, 5) is 27.7. The molecule has 0 bridgehead atoms. The third kappa shape index (κ3) is 5.59. The minimum absolute atomic E-state index is 0.158. The van der Waals surface area contributed by atoms with Gasteiger partial charge in [-0.1, -0.05) is 35.3 Å². The first-order valence-corrected chi connectivity index (χ1v) is 8.18. The maximum Gasteiger partial charge on any atom is 0.331 e. The number of aromatic nitrogens is 1. The van der Waals surface area contributed by atoms with Gasteiger partial charge in [0.05, 0.1) is 5.69 Å². The second-order valence-electron chi connectivity index (χ2n) is 5.25. The monoisotopic (exact) mass is 378 g/mol. The standard InChI is InChI=1S/C18H16Cl2N2O3/c1-11-5-6-13(10-14(11)19)7-8-16(23)25-12(2)18(24)22-15-4-3-9-21-17(15)20/h3-10,12H,1-2H3,(H,22,24)/b8-7+/t12-/m0/s1. The van der Waals surface area contributed by atoms with Gasteiger partial charge in [0.1, 0.15) is 0 Å². The highest BCUT2D eigenvalue weighted by Crippen LogP contribution is 2.18. The average molecular weight is 379 g/mol. The quantitative estimate of drug-likeness (QED) is 0.478. The number of amides is 1. The largest absolute Gasteiger partial charge is 0.449 e. The summed E-state index contributed by atoms with van der Waals surface area (Å²) in [5, 5.41) is 3.32. The Hall–Kier alpha value is -2.37. The minimum Gasteiger partial charge on any atom is -0.449 e. The summed E-state index contributed by atoms with van der Waals surface area (Å²) in [5.41, 5.74) is 2.05. The highest BCUT2D eigenvalue weighted by molar-refractivity contribution is 6.32. The van der Waals surface area contributed by atoms with Gasteiger partial charge >= 0.3 is 5.97 Å². The van der Waals surface area contributed by atoms with Gasteiger partial charge in [-0.3, -0.25) is 4.79 Å². The summed E-state index contributed by atoms with van der Waals surface area (Å²) in [6.07, 6.45) is 3.32. The van der Waals surface area contributed by atoms with Gasteiger partial charge in [0.25, 0.3) is 5.91 Å². The van der Waals surface area contributed by atoms with E-state index < -0.39 is 18.0 Å². The Balaban J connectivity index is 1.92. The fraction of sp³-hybridized carbons (Fsp3) is 0.167. The Kier molecular flexibility index (Phi) is 6.56. The molecule has 1 aromatic carbocycles. The van der Waals surface area contributed by atoms with Gasteiger partial charge in [0, 0.05) is 17.3 Å². The lowest BCUT2D eigenvalue weighted by atomic mass is 10.1. The van der Waals surface area contributed by atoms with Crippen LogP contribution in [0.25, 0.3) is 6.08 Å². The molecule has 0 spiro atoms. The number of hydrogen-bond donors (Lipinski definition) is 1.